The molecule has 0 bridgehead atoms. The lowest BCUT2D eigenvalue weighted by atomic mass is 9.94. The summed E-state index contributed by atoms with van der Waals surface area (Å²) in [6.45, 7) is 1.12. The molecule has 0 aliphatic carbocycles. The second-order valence-electron chi connectivity index (χ2n) is 8.29. The molecule has 6 N–H and O–H groups in total. The minimum atomic E-state index is -1.24. The number of unbranched alkanes of at least 4 members (excludes halogenated alkanes) is 3. The van der Waals surface area contributed by atoms with Gasteiger partial charge in [0, 0.05) is 31.6 Å². The van der Waals surface area contributed by atoms with Gasteiger partial charge >= 0.3 is 0 Å². The summed E-state index contributed by atoms with van der Waals surface area (Å²) in [6.07, 6.45) is 7.16. The Kier molecular flexibility index (Phi) is 9.03. The molecule has 1 aromatic carbocycles. The van der Waals surface area contributed by atoms with Crippen LogP contribution in [0.5, 0.6) is 0 Å². The van der Waals surface area contributed by atoms with Gasteiger partial charge in [-0.1, -0.05) is 12.8 Å². The number of piperidine rings is 1. The van der Waals surface area contributed by atoms with Crippen molar-refractivity contribution in [1.82, 2.24) is 10.3 Å². The first-order valence-corrected chi connectivity index (χ1v) is 11.2. The lowest BCUT2D eigenvalue weighted by molar-refractivity contribution is -0.383. The van der Waals surface area contributed by atoms with Crippen molar-refractivity contribution in [2.45, 2.75) is 50.0 Å². The first kappa shape index (κ1) is 24.9. The second kappa shape index (κ2) is 12.0. The van der Waals surface area contributed by atoms with Crippen LogP contribution in [0.3, 0.4) is 0 Å². The van der Waals surface area contributed by atoms with Gasteiger partial charge in [-0.15, -0.1) is 0 Å². The third-order valence-electron chi connectivity index (χ3n) is 6.02. The fourth-order valence-electron chi connectivity index (χ4n) is 4.14. The number of nitrogens with zero attached hydrogens (tertiary/aromatic N) is 3. The van der Waals surface area contributed by atoms with Gasteiger partial charge in [-0.3, -0.25) is 20.0 Å². The van der Waals surface area contributed by atoms with Crippen LogP contribution in [0.15, 0.2) is 42.8 Å². The highest BCUT2D eigenvalue weighted by Gasteiger charge is 2.40. The molecular formula is C22H33N5O6. The van der Waals surface area contributed by atoms with Crippen molar-refractivity contribution in [3.05, 3.63) is 52.9 Å². The van der Waals surface area contributed by atoms with E-state index in [1.165, 1.54) is 6.07 Å². The monoisotopic (exact) mass is 463 g/mol. The molecule has 2 heterocycles. The lowest BCUT2D eigenvalue weighted by Gasteiger charge is -2.43. The average Bonchev–Trinajstić information content (AvgIpc) is 2.82. The lowest BCUT2D eigenvalue weighted by Crippen LogP contribution is -2.62. The van der Waals surface area contributed by atoms with E-state index in [-0.39, 0.29) is 18.8 Å². The Hall–Kier alpha value is -2.70. The average molecular weight is 464 g/mol. The van der Waals surface area contributed by atoms with Gasteiger partial charge in [0.2, 0.25) is 0 Å². The predicted octanol–water partition coefficient (Wildman–Crippen LogP) is 0.678. The zero-order valence-electron chi connectivity index (χ0n) is 18.5. The van der Waals surface area contributed by atoms with E-state index in [9.17, 15) is 30.5 Å². The molecule has 11 nitrogen and oxygen atoms in total. The van der Waals surface area contributed by atoms with Gasteiger partial charge in [-0.05, 0) is 43.7 Å². The fraction of sp³-hybridized carbons (Fsp3) is 0.545. The summed E-state index contributed by atoms with van der Waals surface area (Å²) in [6, 6.07) is 4.45. The number of hydrogen-bond donors (Lipinski definition) is 6. The number of β-amino-alcohol motifs (C(OH)–C–C–N with tert-alkyl or cyclic N) is 1. The Morgan fingerprint density at radius 3 is 2.61 bits per heavy atom. The van der Waals surface area contributed by atoms with Crippen LogP contribution in [0.1, 0.15) is 25.7 Å². The van der Waals surface area contributed by atoms with Gasteiger partial charge in [-0.25, -0.2) is 0 Å². The smallest absolute Gasteiger partial charge is 0.294 e. The van der Waals surface area contributed by atoms with Crippen LogP contribution in [0.4, 0.5) is 17.1 Å². The number of nitrogens with one attached hydrogen (secondary N) is 2. The van der Waals surface area contributed by atoms with E-state index in [1.54, 1.807) is 23.5 Å². The molecule has 3 rings (SSSR count). The Morgan fingerprint density at radius 1 is 1.12 bits per heavy atom. The summed E-state index contributed by atoms with van der Waals surface area (Å²) < 4.78 is 0. The molecule has 1 fully saturated rings. The van der Waals surface area contributed by atoms with Crippen LogP contribution in [0.2, 0.25) is 0 Å². The van der Waals surface area contributed by atoms with E-state index >= 15 is 0 Å². The summed E-state index contributed by atoms with van der Waals surface area (Å²) in [7, 11) is 0. The first-order valence-electron chi connectivity index (χ1n) is 11.2. The van der Waals surface area contributed by atoms with Crippen molar-refractivity contribution in [3.63, 3.8) is 0 Å². The molecule has 0 unspecified atom stereocenters. The third kappa shape index (κ3) is 6.42. The molecule has 1 aromatic rings. The molecule has 33 heavy (non-hydrogen) atoms. The summed E-state index contributed by atoms with van der Waals surface area (Å²) in [5.41, 5.74) is 4.14. The summed E-state index contributed by atoms with van der Waals surface area (Å²) in [4.78, 5) is 12.9. The molecule has 4 atom stereocenters. The third-order valence-corrected chi connectivity index (χ3v) is 6.02. The molecule has 182 valence electrons. The Labute approximate surface area is 192 Å². The van der Waals surface area contributed by atoms with Crippen molar-refractivity contribution < 1.29 is 25.3 Å². The zero-order valence-corrected chi connectivity index (χ0v) is 18.5. The summed E-state index contributed by atoms with van der Waals surface area (Å²) in [5.74, 6) is 0. The maximum atomic E-state index is 11.5. The molecule has 0 spiro atoms. The number of nitro groups is 1. The number of rotatable bonds is 11. The molecule has 0 aromatic heterocycles. The summed E-state index contributed by atoms with van der Waals surface area (Å²) >= 11 is 0. The minimum Gasteiger partial charge on any atom is -0.395 e. The molecule has 0 radical (unpaired) electrons. The molecule has 0 amide bonds. The van der Waals surface area contributed by atoms with E-state index < -0.39 is 29.3 Å². The van der Waals surface area contributed by atoms with Crippen LogP contribution < -0.4 is 15.8 Å². The highest BCUT2D eigenvalue weighted by atomic mass is 16.6. The van der Waals surface area contributed by atoms with Gasteiger partial charge in [-0.2, -0.15) is 0 Å². The maximum absolute atomic E-state index is 11.5. The second-order valence-corrected chi connectivity index (χ2v) is 8.29. The van der Waals surface area contributed by atoms with Crippen molar-refractivity contribution in [2.24, 2.45) is 0 Å². The first-order chi connectivity index (χ1) is 15.9. The highest BCUT2D eigenvalue weighted by molar-refractivity contribution is 5.69. The number of hydrazine groups is 1. The Morgan fingerprint density at radius 2 is 1.91 bits per heavy atom. The Bertz CT molecular complexity index is 851. The standard InChI is InChI=1S/C22H33N5O6/c28-15-19-21(30)22(31)20(29)14-25(19)11-5-2-1-3-9-23-17-8-7-16(13-18(17)27(32)33)26-12-6-4-10-24-26/h4,6-8,10,12-13,19-24,28-31H,1-3,5,9,11,14-15H2/t19-,20+,21-,22-/m1/s1. The van der Waals surface area contributed by atoms with Crippen molar-refractivity contribution >= 4 is 17.1 Å². The van der Waals surface area contributed by atoms with Crippen molar-refractivity contribution in [2.75, 3.05) is 36.6 Å². The number of nitro benzene ring substituents is 1. The van der Waals surface area contributed by atoms with E-state index in [0.717, 1.165) is 25.7 Å². The van der Waals surface area contributed by atoms with Crippen LogP contribution in [-0.4, -0.2) is 80.8 Å². The quantitative estimate of drug-likeness (QED) is 0.157. The van der Waals surface area contributed by atoms with Gasteiger partial charge in [0.25, 0.3) is 5.69 Å². The van der Waals surface area contributed by atoms with E-state index in [4.69, 9.17) is 0 Å². The minimum absolute atomic E-state index is 0.0108. The molecule has 1 saturated heterocycles. The number of benzene rings is 1. The van der Waals surface area contributed by atoms with Gasteiger partial charge in [0.15, 0.2) is 0 Å². The van der Waals surface area contributed by atoms with Gasteiger partial charge < -0.3 is 31.2 Å². The molecular weight excluding hydrogens is 430 g/mol. The molecule has 2 aliphatic heterocycles. The number of hydrogen-bond acceptors (Lipinski definition) is 10. The van der Waals surface area contributed by atoms with Crippen LogP contribution in [-0.2, 0) is 0 Å². The normalized spacial score (nSPS) is 25.2. The number of aliphatic hydroxyl groups is 4. The van der Waals surface area contributed by atoms with Crippen LogP contribution in [0, 0.1) is 10.1 Å². The van der Waals surface area contributed by atoms with Crippen molar-refractivity contribution in [1.29, 1.82) is 0 Å². The van der Waals surface area contributed by atoms with Crippen LogP contribution in [0.25, 0.3) is 0 Å². The summed E-state index contributed by atoms with van der Waals surface area (Å²) in [5, 5.41) is 55.5. The maximum Gasteiger partial charge on any atom is 0.294 e. The molecule has 0 saturated carbocycles. The number of likely N-dealkylation sites (tertiary alicyclic amines) is 1. The highest BCUT2D eigenvalue weighted by Crippen LogP contribution is 2.30. The number of aliphatic hydroxyl groups excluding tert-OH is 4. The zero-order chi connectivity index (χ0) is 23.8. The SMILES string of the molecule is O=[N+]([O-])c1cc(N2C=CC=CN2)ccc1NCCCCCCN1C[C@H](O)[C@@H](O)[C@H](O)[C@H]1CO. The van der Waals surface area contributed by atoms with Gasteiger partial charge in [0.05, 0.1) is 29.4 Å². The fourth-order valence-corrected chi connectivity index (χ4v) is 4.14. The largest absolute Gasteiger partial charge is 0.395 e. The van der Waals surface area contributed by atoms with Gasteiger partial charge in [0.1, 0.15) is 17.9 Å². The van der Waals surface area contributed by atoms with E-state index in [2.05, 4.69) is 10.7 Å². The van der Waals surface area contributed by atoms with E-state index in [0.29, 0.717) is 24.5 Å². The number of anilines is 2. The molecule has 2 aliphatic rings. The predicted molar refractivity (Wildman–Crippen MR) is 124 cm³/mol. The Balaban J connectivity index is 1.40. The van der Waals surface area contributed by atoms with Crippen LogP contribution >= 0.6 is 0 Å². The topological polar surface area (TPSA) is 155 Å². The number of allylic oxidation sites excluding steroid dienone is 2. The molecule has 11 heteroatoms. The van der Waals surface area contributed by atoms with E-state index in [1.807, 2.05) is 23.1 Å². The van der Waals surface area contributed by atoms with Crippen molar-refractivity contribution in [3.8, 4) is 0 Å².